The number of amides is 1. The van der Waals surface area contributed by atoms with E-state index >= 15 is 0 Å². The van der Waals surface area contributed by atoms with Gasteiger partial charge in [0.25, 0.3) is 0 Å². The van der Waals surface area contributed by atoms with Crippen LogP contribution in [-0.2, 0) is 17.8 Å². The number of piperazine rings is 1. The third-order valence-corrected chi connectivity index (χ3v) is 5.79. The topological polar surface area (TPSA) is 82.3 Å². The number of methoxy groups -OCH3 is 1. The molecule has 1 aromatic carbocycles. The Balaban J connectivity index is 0.00000306. The predicted octanol–water partition coefficient (Wildman–Crippen LogP) is 2.49. The number of benzene rings is 1. The van der Waals surface area contributed by atoms with Gasteiger partial charge in [-0.15, -0.1) is 24.0 Å². The summed E-state index contributed by atoms with van der Waals surface area (Å²) in [6.07, 6.45) is 4.75. The van der Waals surface area contributed by atoms with Crippen molar-refractivity contribution < 1.29 is 13.9 Å². The van der Waals surface area contributed by atoms with Crippen LogP contribution in [0.25, 0.3) is 0 Å². The average molecular weight is 567 g/mol. The van der Waals surface area contributed by atoms with Gasteiger partial charge in [-0.05, 0) is 42.7 Å². The summed E-state index contributed by atoms with van der Waals surface area (Å²) in [6, 6.07) is 12.3. The Morgan fingerprint density at radius 2 is 1.91 bits per heavy atom. The minimum atomic E-state index is 0. The molecule has 0 unspecified atom stereocenters. The molecule has 33 heavy (non-hydrogen) atoms. The first-order valence-electron chi connectivity index (χ1n) is 11.4. The molecular weight excluding hydrogens is 533 g/mol. The van der Waals surface area contributed by atoms with Crippen molar-refractivity contribution in [2.75, 3.05) is 46.4 Å². The van der Waals surface area contributed by atoms with Crippen molar-refractivity contribution in [1.29, 1.82) is 0 Å². The number of carbonyl (C=O) groups is 1. The Morgan fingerprint density at radius 1 is 1.15 bits per heavy atom. The number of furan rings is 1. The number of carbonyl (C=O) groups excluding carboxylic acids is 1. The number of ether oxygens (including phenoxy) is 1. The number of aliphatic imine (C=N–C) groups is 1. The molecule has 0 bridgehead atoms. The smallest absolute Gasteiger partial charge is 0.234 e. The predicted molar refractivity (Wildman–Crippen MR) is 139 cm³/mol. The van der Waals surface area contributed by atoms with Crippen molar-refractivity contribution in [3.8, 4) is 5.75 Å². The lowest BCUT2D eigenvalue weighted by atomic mass is 10.2. The lowest BCUT2D eigenvalue weighted by Gasteiger charge is -2.36. The molecule has 2 fully saturated rings. The number of hydrogen-bond acceptors (Lipinski definition) is 5. The summed E-state index contributed by atoms with van der Waals surface area (Å²) in [4.78, 5) is 21.5. The highest BCUT2D eigenvalue weighted by Gasteiger charge is 2.26. The molecule has 180 valence electrons. The molecule has 8 nitrogen and oxygen atoms in total. The number of rotatable bonds is 9. The molecule has 1 amide bonds. The molecule has 1 saturated heterocycles. The Bertz CT molecular complexity index is 876. The maximum atomic E-state index is 12.1. The van der Waals surface area contributed by atoms with Gasteiger partial charge in [-0.1, -0.05) is 12.1 Å². The standard InChI is InChI=1S/C24H33N5O3.HI/c1-31-21-8-4-19(5-9-21)17-26-24(25-11-10-22-3-2-16-32-22)29-14-12-28(13-15-29)18-23(30)27-20-6-7-20;/h2-5,8-9,16,20H,6-7,10-15,17-18H2,1H3,(H,25,26)(H,27,30);1H. The van der Waals surface area contributed by atoms with Gasteiger partial charge in [0.05, 0.1) is 26.5 Å². The molecule has 0 atom stereocenters. The second-order valence-corrected chi connectivity index (χ2v) is 8.35. The van der Waals surface area contributed by atoms with Crippen molar-refractivity contribution in [2.24, 2.45) is 4.99 Å². The minimum Gasteiger partial charge on any atom is -0.497 e. The van der Waals surface area contributed by atoms with E-state index in [1.54, 1.807) is 13.4 Å². The van der Waals surface area contributed by atoms with Gasteiger partial charge in [-0.25, -0.2) is 4.99 Å². The minimum absolute atomic E-state index is 0. The van der Waals surface area contributed by atoms with Crippen molar-refractivity contribution in [3.05, 3.63) is 54.0 Å². The molecule has 9 heteroatoms. The van der Waals surface area contributed by atoms with Crippen molar-refractivity contribution >= 4 is 35.8 Å². The number of nitrogens with zero attached hydrogens (tertiary/aromatic N) is 3. The Morgan fingerprint density at radius 3 is 2.55 bits per heavy atom. The normalized spacial score (nSPS) is 16.8. The zero-order chi connectivity index (χ0) is 22.2. The van der Waals surface area contributed by atoms with Crippen molar-refractivity contribution in [2.45, 2.75) is 31.8 Å². The van der Waals surface area contributed by atoms with Crippen LogP contribution in [0.5, 0.6) is 5.75 Å². The summed E-state index contributed by atoms with van der Waals surface area (Å²) in [5, 5.41) is 6.58. The molecule has 1 aromatic heterocycles. The van der Waals surface area contributed by atoms with Gasteiger partial charge in [0.2, 0.25) is 5.91 Å². The fourth-order valence-electron chi connectivity index (χ4n) is 3.74. The van der Waals surface area contributed by atoms with Crippen molar-refractivity contribution in [3.63, 3.8) is 0 Å². The Kier molecular flexibility index (Phi) is 9.86. The second-order valence-electron chi connectivity index (χ2n) is 8.35. The van der Waals surface area contributed by atoms with Crippen LogP contribution in [0, 0.1) is 0 Å². The zero-order valence-electron chi connectivity index (χ0n) is 19.2. The summed E-state index contributed by atoms with van der Waals surface area (Å²) in [6.45, 7) is 5.20. The maximum absolute atomic E-state index is 12.1. The van der Waals surface area contributed by atoms with E-state index in [1.807, 2.05) is 36.4 Å². The number of hydrogen-bond donors (Lipinski definition) is 2. The average Bonchev–Trinajstić information content (AvgIpc) is 3.47. The second kappa shape index (κ2) is 12.8. The van der Waals surface area contributed by atoms with E-state index in [1.165, 1.54) is 0 Å². The SMILES string of the molecule is COc1ccc(CN=C(NCCc2ccco2)N2CCN(CC(=O)NC3CC3)CC2)cc1.I. The highest BCUT2D eigenvalue weighted by molar-refractivity contribution is 14.0. The van der Waals surface area contributed by atoms with Crippen LogP contribution < -0.4 is 15.4 Å². The summed E-state index contributed by atoms with van der Waals surface area (Å²) in [7, 11) is 1.67. The number of guanidine groups is 1. The van der Waals surface area contributed by atoms with Gasteiger partial charge < -0.3 is 24.7 Å². The van der Waals surface area contributed by atoms with E-state index in [0.717, 1.165) is 75.0 Å². The molecule has 1 aliphatic heterocycles. The zero-order valence-corrected chi connectivity index (χ0v) is 21.5. The van der Waals surface area contributed by atoms with Crippen LogP contribution in [0.3, 0.4) is 0 Å². The first-order valence-corrected chi connectivity index (χ1v) is 11.4. The van der Waals surface area contributed by atoms with Crippen LogP contribution in [0.4, 0.5) is 0 Å². The summed E-state index contributed by atoms with van der Waals surface area (Å²) in [5.41, 5.74) is 1.13. The highest BCUT2D eigenvalue weighted by Crippen LogP contribution is 2.18. The molecule has 2 aromatic rings. The fourth-order valence-corrected chi connectivity index (χ4v) is 3.74. The van der Waals surface area contributed by atoms with Crippen LogP contribution in [0.2, 0.25) is 0 Å². The number of nitrogens with one attached hydrogen (secondary N) is 2. The van der Waals surface area contributed by atoms with Gasteiger partial charge in [0.15, 0.2) is 5.96 Å². The molecule has 2 N–H and O–H groups in total. The van der Waals surface area contributed by atoms with Crippen LogP contribution >= 0.6 is 24.0 Å². The number of halogens is 1. The quantitative estimate of drug-likeness (QED) is 0.276. The molecule has 0 spiro atoms. The van der Waals surface area contributed by atoms with E-state index in [9.17, 15) is 4.79 Å². The largest absolute Gasteiger partial charge is 0.497 e. The summed E-state index contributed by atoms with van der Waals surface area (Å²) < 4.78 is 10.7. The highest BCUT2D eigenvalue weighted by atomic mass is 127. The van der Waals surface area contributed by atoms with Gasteiger partial charge in [-0.2, -0.15) is 0 Å². The fraction of sp³-hybridized carbons (Fsp3) is 0.500. The van der Waals surface area contributed by atoms with Gasteiger partial charge in [0, 0.05) is 45.2 Å². The van der Waals surface area contributed by atoms with Gasteiger partial charge in [0.1, 0.15) is 11.5 Å². The van der Waals surface area contributed by atoms with E-state index in [-0.39, 0.29) is 29.9 Å². The van der Waals surface area contributed by atoms with Gasteiger partial charge in [-0.3, -0.25) is 9.69 Å². The molecule has 2 aliphatic rings. The van der Waals surface area contributed by atoms with Crippen molar-refractivity contribution in [1.82, 2.24) is 20.4 Å². The van der Waals surface area contributed by atoms with E-state index in [0.29, 0.717) is 19.1 Å². The van der Waals surface area contributed by atoms with Gasteiger partial charge >= 0.3 is 0 Å². The molecule has 1 aliphatic carbocycles. The third-order valence-electron chi connectivity index (χ3n) is 5.79. The lowest BCUT2D eigenvalue weighted by Crippen LogP contribution is -2.54. The lowest BCUT2D eigenvalue weighted by molar-refractivity contribution is -0.122. The van der Waals surface area contributed by atoms with E-state index in [4.69, 9.17) is 14.1 Å². The van der Waals surface area contributed by atoms with Crippen LogP contribution in [0.15, 0.2) is 52.1 Å². The van der Waals surface area contributed by atoms with E-state index in [2.05, 4.69) is 20.4 Å². The first kappa shape index (κ1) is 25.4. The maximum Gasteiger partial charge on any atom is 0.234 e. The molecule has 1 saturated carbocycles. The summed E-state index contributed by atoms with van der Waals surface area (Å²) >= 11 is 0. The molecule has 4 rings (SSSR count). The summed E-state index contributed by atoms with van der Waals surface area (Å²) in [5.74, 6) is 2.84. The Hall–Kier alpha value is -2.27. The Labute approximate surface area is 212 Å². The molecule has 2 heterocycles. The monoisotopic (exact) mass is 567 g/mol. The molecule has 0 radical (unpaired) electrons. The van der Waals surface area contributed by atoms with Crippen LogP contribution in [0.1, 0.15) is 24.2 Å². The first-order chi connectivity index (χ1) is 15.7. The third kappa shape index (κ3) is 8.22. The van der Waals surface area contributed by atoms with E-state index < -0.39 is 0 Å². The van der Waals surface area contributed by atoms with Crippen LogP contribution in [-0.4, -0.2) is 74.1 Å². The molecular formula is C24H34IN5O3.